The summed E-state index contributed by atoms with van der Waals surface area (Å²) < 4.78 is 24.0. The van der Waals surface area contributed by atoms with E-state index in [0.717, 1.165) is 24.0 Å². The smallest absolute Gasteiger partial charge is 0.222 e. The molecule has 0 saturated heterocycles. The van der Waals surface area contributed by atoms with Gasteiger partial charge in [-0.3, -0.25) is 4.79 Å². The fourth-order valence-electron chi connectivity index (χ4n) is 4.19. The molecule has 2 aromatic carbocycles. The van der Waals surface area contributed by atoms with Gasteiger partial charge in [-0.25, -0.2) is 4.39 Å². The van der Waals surface area contributed by atoms with Gasteiger partial charge in [0, 0.05) is 19.5 Å². The number of hydrogen-bond acceptors (Lipinski definition) is 3. The lowest BCUT2D eigenvalue weighted by atomic mass is 10.0. The summed E-state index contributed by atoms with van der Waals surface area (Å²) in [7, 11) is 3.24. The highest BCUT2D eigenvalue weighted by Gasteiger charge is 2.19. The Morgan fingerprint density at radius 1 is 1.00 bits per heavy atom. The zero-order valence-corrected chi connectivity index (χ0v) is 18.0. The fourth-order valence-corrected chi connectivity index (χ4v) is 4.19. The molecule has 0 atom stereocenters. The third kappa shape index (κ3) is 6.22. The van der Waals surface area contributed by atoms with Crippen molar-refractivity contribution in [2.45, 2.75) is 51.5 Å². The van der Waals surface area contributed by atoms with Crippen molar-refractivity contribution >= 4 is 5.91 Å². The summed E-state index contributed by atoms with van der Waals surface area (Å²) in [6, 6.07) is 12.3. The summed E-state index contributed by atoms with van der Waals surface area (Å²) in [5, 5.41) is 0. The van der Waals surface area contributed by atoms with Crippen LogP contribution in [0.1, 0.15) is 49.7 Å². The molecule has 1 aliphatic carbocycles. The molecule has 30 heavy (non-hydrogen) atoms. The van der Waals surface area contributed by atoms with Crippen LogP contribution in [0.4, 0.5) is 4.39 Å². The molecule has 0 aromatic heterocycles. The van der Waals surface area contributed by atoms with Crippen LogP contribution in [0.25, 0.3) is 0 Å². The molecule has 0 radical (unpaired) electrons. The lowest BCUT2D eigenvalue weighted by molar-refractivity contribution is -0.132. The van der Waals surface area contributed by atoms with Crippen LogP contribution in [0.5, 0.6) is 11.5 Å². The predicted octanol–water partition coefficient (Wildman–Crippen LogP) is 5.38. The summed E-state index contributed by atoms with van der Waals surface area (Å²) in [5.74, 6) is 1.98. The number of hydrogen-bond donors (Lipinski definition) is 0. The Bertz CT molecular complexity index is 816. The molecule has 0 aliphatic heterocycles. The van der Waals surface area contributed by atoms with Crippen molar-refractivity contribution < 1.29 is 18.7 Å². The second-order valence-electron chi connectivity index (χ2n) is 8.07. The van der Waals surface area contributed by atoms with E-state index in [-0.39, 0.29) is 11.7 Å². The Balaban J connectivity index is 1.66. The second kappa shape index (κ2) is 11.0. The Labute approximate surface area is 179 Å². The van der Waals surface area contributed by atoms with E-state index in [1.807, 2.05) is 23.1 Å². The van der Waals surface area contributed by atoms with Crippen molar-refractivity contribution in [3.8, 4) is 11.5 Å². The van der Waals surface area contributed by atoms with E-state index in [2.05, 4.69) is 0 Å². The molecular weight excluding hydrogens is 381 g/mol. The van der Waals surface area contributed by atoms with Gasteiger partial charge in [0.2, 0.25) is 5.91 Å². The number of carbonyl (C=O) groups excluding carboxylic acids is 1. The monoisotopic (exact) mass is 413 g/mol. The van der Waals surface area contributed by atoms with Gasteiger partial charge in [0.25, 0.3) is 0 Å². The number of rotatable bonds is 10. The van der Waals surface area contributed by atoms with Gasteiger partial charge < -0.3 is 14.4 Å². The van der Waals surface area contributed by atoms with Gasteiger partial charge in [-0.15, -0.1) is 0 Å². The van der Waals surface area contributed by atoms with E-state index in [0.29, 0.717) is 36.9 Å². The first kappa shape index (κ1) is 22.1. The van der Waals surface area contributed by atoms with Crippen LogP contribution in [-0.2, 0) is 17.8 Å². The summed E-state index contributed by atoms with van der Waals surface area (Å²) in [4.78, 5) is 14.9. The van der Waals surface area contributed by atoms with E-state index >= 15 is 0 Å². The van der Waals surface area contributed by atoms with Crippen LogP contribution < -0.4 is 9.47 Å². The largest absolute Gasteiger partial charge is 0.493 e. The van der Waals surface area contributed by atoms with Gasteiger partial charge in [-0.1, -0.05) is 43.9 Å². The molecule has 1 fully saturated rings. The molecular formula is C25H32FNO3. The summed E-state index contributed by atoms with van der Waals surface area (Å²) in [5.41, 5.74) is 2.03. The van der Waals surface area contributed by atoms with Gasteiger partial charge in [-0.2, -0.15) is 0 Å². The minimum atomic E-state index is -0.261. The Kier molecular flexibility index (Phi) is 8.12. The second-order valence-corrected chi connectivity index (χ2v) is 8.07. The molecule has 0 unspecified atom stereocenters. The predicted molar refractivity (Wildman–Crippen MR) is 116 cm³/mol. The van der Waals surface area contributed by atoms with Crippen molar-refractivity contribution in [3.63, 3.8) is 0 Å². The molecule has 4 nitrogen and oxygen atoms in total. The van der Waals surface area contributed by atoms with Gasteiger partial charge in [-0.05, 0) is 54.2 Å². The highest BCUT2D eigenvalue weighted by molar-refractivity contribution is 5.76. The van der Waals surface area contributed by atoms with Crippen LogP contribution in [0.3, 0.4) is 0 Å². The van der Waals surface area contributed by atoms with Crippen LogP contribution in [0.2, 0.25) is 0 Å². The quantitative estimate of drug-likeness (QED) is 0.525. The van der Waals surface area contributed by atoms with Crippen LogP contribution >= 0.6 is 0 Å². The lowest BCUT2D eigenvalue weighted by Gasteiger charge is -2.24. The molecule has 1 aliphatic rings. The van der Waals surface area contributed by atoms with E-state index in [1.54, 1.807) is 26.4 Å². The maximum atomic E-state index is 13.3. The standard InChI is InChI=1S/C25H32FNO3/c1-29-23-13-9-20(17-24(23)30-2)15-16-27(18-21-7-11-22(26)12-8-21)25(28)14-10-19-5-3-4-6-19/h7-9,11-13,17,19H,3-6,10,14-16,18H2,1-2H3. The van der Waals surface area contributed by atoms with Crippen LogP contribution in [0, 0.1) is 11.7 Å². The number of amides is 1. The zero-order valence-electron chi connectivity index (χ0n) is 18.0. The maximum Gasteiger partial charge on any atom is 0.222 e. The Hall–Kier alpha value is -2.56. The van der Waals surface area contributed by atoms with Gasteiger partial charge in [0.15, 0.2) is 11.5 Å². The SMILES string of the molecule is COc1ccc(CCN(Cc2ccc(F)cc2)C(=O)CCC2CCCC2)cc1OC. The lowest BCUT2D eigenvalue weighted by Crippen LogP contribution is -2.32. The molecule has 0 heterocycles. The zero-order chi connectivity index (χ0) is 21.3. The number of methoxy groups -OCH3 is 2. The minimum absolute atomic E-state index is 0.173. The molecule has 0 N–H and O–H groups in total. The Morgan fingerprint density at radius 3 is 2.33 bits per heavy atom. The first-order valence-corrected chi connectivity index (χ1v) is 10.8. The van der Waals surface area contributed by atoms with Crippen molar-refractivity contribution in [2.24, 2.45) is 5.92 Å². The summed E-state index contributed by atoms with van der Waals surface area (Å²) >= 11 is 0. The highest BCUT2D eigenvalue weighted by Crippen LogP contribution is 2.29. The van der Waals surface area contributed by atoms with E-state index < -0.39 is 0 Å². The molecule has 3 rings (SSSR count). The number of halogens is 1. The third-order valence-electron chi connectivity index (χ3n) is 6.00. The summed E-state index contributed by atoms with van der Waals surface area (Å²) in [6.07, 6.45) is 7.34. The molecule has 0 spiro atoms. The van der Waals surface area contributed by atoms with Crippen molar-refractivity contribution in [1.29, 1.82) is 0 Å². The van der Waals surface area contributed by atoms with Gasteiger partial charge in [0.1, 0.15) is 5.82 Å². The summed E-state index contributed by atoms with van der Waals surface area (Å²) in [6.45, 7) is 1.10. The fraction of sp³-hybridized carbons (Fsp3) is 0.480. The minimum Gasteiger partial charge on any atom is -0.493 e. The van der Waals surface area contributed by atoms with Crippen molar-refractivity contribution in [1.82, 2.24) is 4.90 Å². The third-order valence-corrected chi connectivity index (χ3v) is 6.00. The molecule has 2 aromatic rings. The molecule has 1 amide bonds. The molecule has 162 valence electrons. The van der Waals surface area contributed by atoms with E-state index in [4.69, 9.17) is 9.47 Å². The average molecular weight is 414 g/mol. The van der Waals surface area contributed by atoms with Gasteiger partial charge >= 0.3 is 0 Å². The van der Waals surface area contributed by atoms with Gasteiger partial charge in [0.05, 0.1) is 14.2 Å². The molecule has 0 bridgehead atoms. The molecule has 1 saturated carbocycles. The average Bonchev–Trinajstić information content (AvgIpc) is 3.29. The number of ether oxygens (including phenoxy) is 2. The first-order chi connectivity index (χ1) is 14.6. The topological polar surface area (TPSA) is 38.8 Å². The van der Waals surface area contributed by atoms with E-state index in [1.165, 1.54) is 37.8 Å². The first-order valence-electron chi connectivity index (χ1n) is 10.8. The number of benzene rings is 2. The highest BCUT2D eigenvalue weighted by atomic mass is 19.1. The maximum absolute atomic E-state index is 13.3. The van der Waals surface area contributed by atoms with Crippen LogP contribution in [0.15, 0.2) is 42.5 Å². The normalized spacial score (nSPS) is 14.0. The Morgan fingerprint density at radius 2 is 1.67 bits per heavy atom. The van der Waals surface area contributed by atoms with Crippen molar-refractivity contribution in [3.05, 3.63) is 59.4 Å². The van der Waals surface area contributed by atoms with E-state index in [9.17, 15) is 9.18 Å². The molecule has 5 heteroatoms. The van der Waals surface area contributed by atoms with Crippen molar-refractivity contribution in [2.75, 3.05) is 20.8 Å². The number of carbonyl (C=O) groups is 1. The number of nitrogens with zero attached hydrogens (tertiary/aromatic N) is 1. The van der Waals surface area contributed by atoms with Crippen LogP contribution in [-0.4, -0.2) is 31.6 Å².